The average molecular weight is 356 g/mol. The Morgan fingerprint density at radius 1 is 1.08 bits per heavy atom. The Morgan fingerprint density at radius 2 is 1.69 bits per heavy atom. The molecule has 0 saturated carbocycles. The molecule has 0 aliphatic heterocycles. The zero-order valence-corrected chi connectivity index (χ0v) is 14.5. The van der Waals surface area contributed by atoms with E-state index in [4.69, 9.17) is 4.74 Å². The van der Waals surface area contributed by atoms with Gasteiger partial charge in [0.05, 0.1) is 10.5 Å². The second-order valence-electron chi connectivity index (χ2n) is 5.91. The van der Waals surface area contributed by atoms with Gasteiger partial charge in [0.1, 0.15) is 0 Å². The Kier molecular flexibility index (Phi) is 6.43. The van der Waals surface area contributed by atoms with E-state index in [1.807, 2.05) is 37.3 Å². The lowest BCUT2D eigenvalue weighted by molar-refractivity contribution is -0.384. The maximum absolute atomic E-state index is 12.1. The molecular weight excluding hydrogens is 336 g/mol. The summed E-state index contributed by atoms with van der Waals surface area (Å²) in [6.45, 7) is 3.89. The van der Waals surface area contributed by atoms with E-state index in [1.54, 1.807) is 0 Å². The van der Waals surface area contributed by atoms with Gasteiger partial charge in [0.25, 0.3) is 11.6 Å². The maximum atomic E-state index is 12.1. The molecule has 2 aromatic carbocycles. The highest BCUT2D eigenvalue weighted by Gasteiger charge is 2.20. The van der Waals surface area contributed by atoms with Gasteiger partial charge in [-0.15, -0.1) is 0 Å². The van der Waals surface area contributed by atoms with Crippen molar-refractivity contribution >= 4 is 17.6 Å². The van der Waals surface area contributed by atoms with Crippen LogP contribution in [0.4, 0.5) is 5.69 Å². The number of hydrogen-bond acceptors (Lipinski definition) is 5. The highest BCUT2D eigenvalue weighted by molar-refractivity contribution is 5.92. The lowest BCUT2D eigenvalue weighted by Crippen LogP contribution is -2.37. The van der Waals surface area contributed by atoms with Crippen molar-refractivity contribution in [3.63, 3.8) is 0 Å². The van der Waals surface area contributed by atoms with Crippen LogP contribution in [0, 0.1) is 10.1 Å². The molecule has 1 amide bonds. The highest BCUT2D eigenvalue weighted by Crippen LogP contribution is 2.14. The summed E-state index contributed by atoms with van der Waals surface area (Å²) in [5, 5.41) is 13.4. The molecule has 0 saturated heterocycles. The van der Waals surface area contributed by atoms with E-state index in [2.05, 4.69) is 5.32 Å². The van der Waals surface area contributed by atoms with Gasteiger partial charge in [-0.05, 0) is 30.5 Å². The van der Waals surface area contributed by atoms with Gasteiger partial charge in [0, 0.05) is 18.7 Å². The molecule has 0 unspecified atom stereocenters. The van der Waals surface area contributed by atoms with Crippen molar-refractivity contribution in [1.29, 1.82) is 0 Å². The predicted molar refractivity (Wildman–Crippen MR) is 95.8 cm³/mol. The Bertz CT molecular complexity index is 774. The molecule has 136 valence electrons. The van der Waals surface area contributed by atoms with Crippen LogP contribution in [0.25, 0.3) is 0 Å². The number of benzene rings is 2. The van der Waals surface area contributed by atoms with Crippen molar-refractivity contribution in [2.75, 3.05) is 6.54 Å². The van der Waals surface area contributed by atoms with E-state index in [0.29, 0.717) is 6.54 Å². The summed E-state index contributed by atoms with van der Waals surface area (Å²) in [5.41, 5.74) is 1.12. The summed E-state index contributed by atoms with van der Waals surface area (Å²) in [5.74, 6) is -0.987. The number of carbonyl (C=O) groups excluding carboxylic acids is 2. The first-order valence-electron chi connectivity index (χ1n) is 8.16. The lowest BCUT2D eigenvalue weighted by Gasteiger charge is -2.16. The summed E-state index contributed by atoms with van der Waals surface area (Å²) in [6, 6.07) is 14.8. The van der Waals surface area contributed by atoms with Gasteiger partial charge in [0.2, 0.25) is 0 Å². The first kappa shape index (κ1) is 19.1. The van der Waals surface area contributed by atoms with Gasteiger partial charge in [-0.2, -0.15) is 0 Å². The number of amides is 1. The van der Waals surface area contributed by atoms with Crippen LogP contribution in [0.5, 0.6) is 0 Å². The maximum Gasteiger partial charge on any atom is 0.338 e. The van der Waals surface area contributed by atoms with Gasteiger partial charge in [-0.25, -0.2) is 4.79 Å². The second-order valence-corrected chi connectivity index (χ2v) is 5.91. The summed E-state index contributed by atoms with van der Waals surface area (Å²) < 4.78 is 5.12. The minimum Gasteiger partial charge on any atom is -0.449 e. The number of nitrogens with zero attached hydrogens (tertiary/aromatic N) is 1. The third-order valence-corrected chi connectivity index (χ3v) is 3.92. The zero-order chi connectivity index (χ0) is 19.1. The van der Waals surface area contributed by atoms with Crippen molar-refractivity contribution in [3.8, 4) is 0 Å². The molecule has 0 heterocycles. The molecule has 26 heavy (non-hydrogen) atoms. The Balaban J connectivity index is 1.86. The van der Waals surface area contributed by atoms with E-state index in [9.17, 15) is 19.7 Å². The van der Waals surface area contributed by atoms with Crippen molar-refractivity contribution in [2.24, 2.45) is 0 Å². The van der Waals surface area contributed by atoms with Crippen LogP contribution in [0.2, 0.25) is 0 Å². The fourth-order valence-electron chi connectivity index (χ4n) is 2.30. The number of non-ortho nitro benzene ring substituents is 1. The van der Waals surface area contributed by atoms with Gasteiger partial charge < -0.3 is 10.1 Å². The van der Waals surface area contributed by atoms with Crippen LogP contribution < -0.4 is 5.32 Å². The van der Waals surface area contributed by atoms with Crippen LogP contribution in [0.3, 0.4) is 0 Å². The quantitative estimate of drug-likeness (QED) is 0.467. The van der Waals surface area contributed by atoms with Crippen LogP contribution in [0.1, 0.15) is 35.7 Å². The molecular formula is C19H20N2O5. The molecule has 2 aromatic rings. The SMILES string of the molecule is C[C@H](OC(=O)c1ccc([N+](=O)[O-])cc1)C(=O)NC[C@@H](C)c1ccccc1. The smallest absolute Gasteiger partial charge is 0.338 e. The van der Waals surface area contributed by atoms with E-state index in [0.717, 1.165) is 5.56 Å². The van der Waals surface area contributed by atoms with Crippen molar-refractivity contribution in [3.05, 3.63) is 75.8 Å². The molecule has 0 bridgehead atoms. The first-order chi connectivity index (χ1) is 12.4. The van der Waals surface area contributed by atoms with Crippen molar-refractivity contribution < 1.29 is 19.2 Å². The van der Waals surface area contributed by atoms with E-state index in [1.165, 1.54) is 31.2 Å². The summed E-state index contributed by atoms with van der Waals surface area (Å²) in [6.07, 6.45) is -0.972. The van der Waals surface area contributed by atoms with Crippen LogP contribution in [0.15, 0.2) is 54.6 Å². The monoisotopic (exact) mass is 356 g/mol. The van der Waals surface area contributed by atoms with E-state index < -0.39 is 22.9 Å². The molecule has 0 spiro atoms. The van der Waals surface area contributed by atoms with E-state index >= 15 is 0 Å². The van der Waals surface area contributed by atoms with E-state index in [-0.39, 0.29) is 17.2 Å². The molecule has 7 nitrogen and oxygen atoms in total. The molecule has 0 aromatic heterocycles. The molecule has 0 aliphatic carbocycles. The van der Waals surface area contributed by atoms with Crippen LogP contribution in [-0.4, -0.2) is 29.4 Å². The number of nitro benzene ring substituents is 1. The number of nitrogens with one attached hydrogen (secondary N) is 1. The topological polar surface area (TPSA) is 98.5 Å². The third-order valence-electron chi connectivity index (χ3n) is 3.92. The largest absolute Gasteiger partial charge is 0.449 e. The van der Waals surface area contributed by atoms with Gasteiger partial charge in [-0.3, -0.25) is 14.9 Å². The number of rotatable bonds is 7. The fraction of sp³-hybridized carbons (Fsp3) is 0.263. The average Bonchev–Trinajstić information content (AvgIpc) is 2.66. The molecule has 2 atom stereocenters. The minimum absolute atomic E-state index is 0.123. The molecule has 2 rings (SSSR count). The fourth-order valence-corrected chi connectivity index (χ4v) is 2.30. The number of esters is 1. The lowest BCUT2D eigenvalue weighted by atomic mass is 10.0. The Morgan fingerprint density at radius 3 is 2.27 bits per heavy atom. The van der Waals surface area contributed by atoms with Crippen LogP contribution in [-0.2, 0) is 9.53 Å². The van der Waals surface area contributed by atoms with Crippen molar-refractivity contribution in [1.82, 2.24) is 5.32 Å². The summed E-state index contributed by atoms with van der Waals surface area (Å²) in [4.78, 5) is 34.2. The zero-order valence-electron chi connectivity index (χ0n) is 14.5. The van der Waals surface area contributed by atoms with Gasteiger partial charge >= 0.3 is 5.97 Å². The molecule has 1 N–H and O–H groups in total. The minimum atomic E-state index is -0.972. The Labute approximate surface area is 151 Å². The molecule has 0 aliphatic rings. The summed E-state index contributed by atoms with van der Waals surface area (Å²) in [7, 11) is 0. The van der Waals surface area contributed by atoms with Gasteiger partial charge in [0.15, 0.2) is 6.10 Å². The first-order valence-corrected chi connectivity index (χ1v) is 8.16. The normalized spacial score (nSPS) is 12.7. The third kappa shape index (κ3) is 5.14. The summed E-state index contributed by atoms with van der Waals surface area (Å²) >= 11 is 0. The molecule has 0 fully saturated rings. The molecule has 0 radical (unpaired) electrons. The van der Waals surface area contributed by atoms with Crippen LogP contribution >= 0.6 is 0 Å². The highest BCUT2D eigenvalue weighted by atomic mass is 16.6. The standard InChI is InChI=1S/C19H20N2O5/c1-13(15-6-4-3-5-7-15)12-20-18(22)14(2)26-19(23)16-8-10-17(11-9-16)21(24)25/h3-11,13-14H,12H2,1-2H3,(H,20,22)/t13-,14+/m1/s1. The predicted octanol–water partition coefficient (Wildman–Crippen LogP) is 3.06. The van der Waals surface area contributed by atoms with Gasteiger partial charge in [-0.1, -0.05) is 37.3 Å². The second kappa shape index (κ2) is 8.75. The number of carbonyl (C=O) groups is 2. The van der Waals surface area contributed by atoms with Crippen molar-refractivity contribution in [2.45, 2.75) is 25.9 Å². The number of hydrogen-bond donors (Lipinski definition) is 1. The number of nitro groups is 1. The molecule has 7 heteroatoms. The number of ether oxygens (including phenoxy) is 1. The Hall–Kier alpha value is -3.22.